The van der Waals surface area contributed by atoms with Crippen LogP contribution in [0.1, 0.15) is 29.3 Å². The first-order valence-corrected chi connectivity index (χ1v) is 7.88. The van der Waals surface area contributed by atoms with Crippen LogP contribution in [0.2, 0.25) is 5.02 Å². The lowest BCUT2D eigenvalue weighted by Gasteiger charge is -2.31. The van der Waals surface area contributed by atoms with Crippen LogP contribution < -0.4 is 5.73 Å². The average molecular weight is 310 g/mol. The number of aryl methyl sites for hydroxylation is 1. The third-order valence-corrected chi connectivity index (χ3v) is 4.82. The van der Waals surface area contributed by atoms with Crippen LogP contribution in [0.25, 0.3) is 0 Å². The van der Waals surface area contributed by atoms with Crippen LogP contribution in [-0.2, 0) is 11.8 Å². The van der Waals surface area contributed by atoms with E-state index < -0.39 is 6.23 Å². The lowest BCUT2D eigenvalue weighted by molar-refractivity contribution is 0.140. The summed E-state index contributed by atoms with van der Waals surface area (Å²) < 4.78 is 0. The van der Waals surface area contributed by atoms with Crippen LogP contribution >= 0.6 is 22.9 Å². The Morgan fingerprint density at radius 1 is 1.40 bits per heavy atom. The van der Waals surface area contributed by atoms with Gasteiger partial charge in [0.15, 0.2) is 0 Å². The number of thiophene rings is 1. The molecule has 2 nitrogen and oxygen atoms in total. The quantitative estimate of drug-likeness (QED) is 0.823. The molecule has 0 aliphatic carbocycles. The molecule has 1 unspecified atom stereocenters. The summed E-state index contributed by atoms with van der Waals surface area (Å²) in [5.41, 5.74) is 7.79. The second-order valence-electron chi connectivity index (χ2n) is 5.61. The van der Waals surface area contributed by atoms with Gasteiger partial charge in [0.2, 0.25) is 0 Å². The Hall–Kier alpha value is -0.870. The monoisotopic (exact) mass is 309 g/mol. The first-order chi connectivity index (χ1) is 9.39. The minimum Gasteiger partial charge on any atom is -0.379 e. The molecule has 1 aromatic heterocycles. The Morgan fingerprint density at radius 2 is 2.15 bits per heavy atom. The number of nitrogens with two attached hydrogens (primary N) is 1. The van der Waals surface area contributed by atoms with Crippen molar-refractivity contribution in [1.82, 2.24) is 0 Å². The van der Waals surface area contributed by atoms with Crippen LogP contribution in [-0.4, -0.2) is 11.3 Å². The van der Waals surface area contributed by atoms with Crippen molar-refractivity contribution in [3.8, 4) is 0 Å². The lowest BCUT2D eigenvalue weighted by atomic mass is 9.76. The average Bonchev–Trinajstić information content (AvgIpc) is 2.73. The Labute approximate surface area is 129 Å². The van der Waals surface area contributed by atoms with Crippen LogP contribution in [0.4, 0.5) is 0 Å². The van der Waals surface area contributed by atoms with Crippen molar-refractivity contribution in [1.29, 1.82) is 0 Å². The molecule has 2 atom stereocenters. The molecule has 0 bridgehead atoms. The van der Waals surface area contributed by atoms with Crippen LogP contribution in [0.5, 0.6) is 0 Å². The fourth-order valence-corrected chi connectivity index (χ4v) is 3.84. The third kappa shape index (κ3) is 3.83. The maximum Gasteiger partial charge on any atom is 0.103 e. The largest absolute Gasteiger partial charge is 0.379 e. The maximum absolute atomic E-state index is 9.65. The van der Waals surface area contributed by atoms with Crippen molar-refractivity contribution >= 4 is 22.9 Å². The van der Waals surface area contributed by atoms with Gasteiger partial charge in [0, 0.05) is 15.3 Å². The first-order valence-electron chi connectivity index (χ1n) is 6.63. The van der Waals surface area contributed by atoms with Gasteiger partial charge in [-0.1, -0.05) is 30.7 Å². The smallest absolute Gasteiger partial charge is 0.103 e. The number of rotatable bonds is 5. The summed E-state index contributed by atoms with van der Waals surface area (Å²) >= 11 is 7.85. The summed E-state index contributed by atoms with van der Waals surface area (Å²) in [6.07, 6.45) is 0.518. The van der Waals surface area contributed by atoms with E-state index in [2.05, 4.69) is 31.4 Å². The summed E-state index contributed by atoms with van der Waals surface area (Å²) in [4.78, 5) is 1.30. The summed E-state index contributed by atoms with van der Waals surface area (Å²) in [7, 11) is 0. The van der Waals surface area contributed by atoms with Crippen molar-refractivity contribution in [2.75, 3.05) is 0 Å². The highest BCUT2D eigenvalue weighted by atomic mass is 35.5. The van der Waals surface area contributed by atoms with Crippen molar-refractivity contribution in [3.05, 3.63) is 56.7 Å². The topological polar surface area (TPSA) is 46.2 Å². The normalized spacial score (nSPS) is 15.8. The molecule has 2 rings (SSSR count). The number of hydrogen-bond donors (Lipinski definition) is 2. The van der Waals surface area contributed by atoms with Gasteiger partial charge in [0.05, 0.1) is 0 Å². The second kappa shape index (κ2) is 6.27. The van der Waals surface area contributed by atoms with Crippen molar-refractivity contribution in [2.24, 2.45) is 5.73 Å². The molecule has 4 heteroatoms. The summed E-state index contributed by atoms with van der Waals surface area (Å²) in [5.74, 6) is 0. The molecular weight excluding hydrogens is 290 g/mol. The maximum atomic E-state index is 9.65. The van der Waals surface area contributed by atoms with E-state index in [9.17, 15) is 5.11 Å². The molecule has 0 fully saturated rings. The van der Waals surface area contributed by atoms with Crippen molar-refractivity contribution in [2.45, 2.75) is 38.3 Å². The van der Waals surface area contributed by atoms with E-state index in [0.29, 0.717) is 11.4 Å². The van der Waals surface area contributed by atoms with Crippen LogP contribution in [0, 0.1) is 6.92 Å². The minimum absolute atomic E-state index is 0.226. The Balaban J connectivity index is 2.34. The first kappa shape index (κ1) is 15.5. The van der Waals surface area contributed by atoms with Gasteiger partial charge < -0.3 is 10.8 Å². The summed E-state index contributed by atoms with van der Waals surface area (Å²) in [6.45, 7) is 4.22. The SMILES string of the molecule is Cc1csc(CC(C)(C[C@H](N)O)c2cccc(Cl)c2)c1. The number of benzene rings is 1. The van der Waals surface area contributed by atoms with E-state index in [0.717, 1.165) is 12.0 Å². The molecule has 0 saturated carbocycles. The van der Waals surface area contributed by atoms with E-state index in [1.807, 2.05) is 18.2 Å². The summed E-state index contributed by atoms with van der Waals surface area (Å²) in [5, 5.41) is 12.5. The predicted octanol–water partition coefficient (Wildman–Crippen LogP) is 3.88. The van der Waals surface area contributed by atoms with Crippen molar-refractivity contribution < 1.29 is 5.11 Å². The van der Waals surface area contributed by atoms with Crippen LogP contribution in [0.3, 0.4) is 0 Å². The van der Waals surface area contributed by atoms with E-state index in [4.69, 9.17) is 17.3 Å². The zero-order chi connectivity index (χ0) is 14.8. The molecule has 0 radical (unpaired) electrons. The standard InChI is InChI=1S/C16H20ClNOS/c1-11-6-14(20-10-11)8-16(2,9-15(18)19)12-4-3-5-13(17)7-12/h3-7,10,15,19H,8-9,18H2,1-2H3/t15-,16?/m1/s1. The van der Waals surface area contributed by atoms with Crippen LogP contribution in [0.15, 0.2) is 35.7 Å². The predicted molar refractivity (Wildman–Crippen MR) is 86.4 cm³/mol. The van der Waals surface area contributed by atoms with Gasteiger partial charge in [0.1, 0.15) is 6.23 Å². The molecule has 3 N–H and O–H groups in total. The molecule has 108 valence electrons. The molecule has 0 spiro atoms. The molecule has 0 saturated heterocycles. The van der Waals surface area contributed by atoms with Gasteiger partial charge in [-0.15, -0.1) is 11.3 Å². The zero-order valence-electron chi connectivity index (χ0n) is 11.8. The van der Waals surface area contributed by atoms with Crippen molar-refractivity contribution in [3.63, 3.8) is 0 Å². The second-order valence-corrected chi connectivity index (χ2v) is 7.04. The number of hydrogen-bond acceptors (Lipinski definition) is 3. The van der Waals surface area contributed by atoms with E-state index in [-0.39, 0.29) is 5.41 Å². The Kier molecular flexibility index (Phi) is 4.86. The van der Waals surface area contributed by atoms with Gasteiger partial charge in [-0.05, 0) is 54.5 Å². The lowest BCUT2D eigenvalue weighted by Crippen LogP contribution is -2.34. The Morgan fingerprint density at radius 3 is 2.70 bits per heavy atom. The van der Waals surface area contributed by atoms with E-state index in [1.165, 1.54) is 10.4 Å². The van der Waals surface area contributed by atoms with E-state index in [1.54, 1.807) is 11.3 Å². The highest BCUT2D eigenvalue weighted by Crippen LogP contribution is 2.35. The zero-order valence-corrected chi connectivity index (χ0v) is 13.3. The molecule has 0 amide bonds. The number of halogens is 1. The third-order valence-electron chi connectivity index (χ3n) is 3.53. The highest BCUT2D eigenvalue weighted by molar-refractivity contribution is 7.10. The molecule has 1 aromatic carbocycles. The highest BCUT2D eigenvalue weighted by Gasteiger charge is 2.29. The minimum atomic E-state index is -0.833. The van der Waals surface area contributed by atoms with Gasteiger partial charge >= 0.3 is 0 Å². The Bertz CT molecular complexity index is 581. The molecule has 0 aliphatic rings. The molecule has 0 aliphatic heterocycles. The van der Waals surface area contributed by atoms with Gasteiger partial charge in [0.25, 0.3) is 0 Å². The van der Waals surface area contributed by atoms with Gasteiger partial charge in [-0.3, -0.25) is 0 Å². The number of aliphatic hydroxyl groups excluding tert-OH is 1. The molecule has 20 heavy (non-hydrogen) atoms. The molecule has 2 aromatic rings. The molecular formula is C16H20ClNOS. The number of aliphatic hydroxyl groups is 1. The molecule has 1 heterocycles. The van der Waals surface area contributed by atoms with E-state index >= 15 is 0 Å². The summed E-state index contributed by atoms with van der Waals surface area (Å²) in [6, 6.07) is 10.0. The van der Waals surface area contributed by atoms with Gasteiger partial charge in [-0.2, -0.15) is 0 Å². The van der Waals surface area contributed by atoms with Gasteiger partial charge in [-0.25, -0.2) is 0 Å². The fraction of sp³-hybridized carbons (Fsp3) is 0.375. The fourth-order valence-electron chi connectivity index (χ4n) is 2.59.